The molecule has 102 heavy (non-hydrogen) atoms. The maximum atomic E-state index is 13.1. The Labute approximate surface area is 619 Å². The van der Waals surface area contributed by atoms with Gasteiger partial charge in [0.2, 0.25) is 0 Å². The molecule has 0 rings (SSSR count). The molecule has 0 aromatic carbocycles. The van der Waals surface area contributed by atoms with E-state index in [1.165, 1.54) is 103 Å². The molecule has 5 atom stereocenters. The number of esters is 4. The minimum absolute atomic E-state index is 0.0844. The molecule has 0 aliphatic carbocycles. The number of phosphoric acid groups is 2. The van der Waals surface area contributed by atoms with Crippen LogP contribution < -0.4 is 0 Å². The average Bonchev–Trinajstić information content (AvgIpc) is 0.926. The van der Waals surface area contributed by atoms with E-state index in [1.807, 2.05) is 12.2 Å². The number of phosphoric ester groups is 2. The summed E-state index contributed by atoms with van der Waals surface area (Å²) in [6.07, 6.45) is 80.8. The molecule has 0 aromatic rings. The third-order valence-corrected chi connectivity index (χ3v) is 18.7. The van der Waals surface area contributed by atoms with Crippen molar-refractivity contribution >= 4 is 39.5 Å². The molecule has 588 valence electrons. The fourth-order valence-corrected chi connectivity index (χ4v) is 12.3. The number of allylic oxidation sites excluding steroid dienone is 18. The lowest BCUT2D eigenvalue weighted by Gasteiger charge is -2.21. The Morgan fingerprint density at radius 1 is 0.284 bits per heavy atom. The largest absolute Gasteiger partial charge is 0.472 e. The summed E-state index contributed by atoms with van der Waals surface area (Å²) in [7, 11) is -9.96. The second kappa shape index (κ2) is 75.0. The molecule has 0 bridgehead atoms. The number of ether oxygens (including phenoxy) is 4. The Kier molecular flexibility index (Phi) is 71.8. The van der Waals surface area contributed by atoms with Gasteiger partial charge >= 0.3 is 39.5 Å². The topological polar surface area (TPSA) is 237 Å². The molecule has 5 unspecified atom stereocenters. The van der Waals surface area contributed by atoms with E-state index in [4.69, 9.17) is 37.0 Å². The molecular weight excluding hydrogens is 1330 g/mol. The second-order valence-electron chi connectivity index (χ2n) is 26.6. The maximum absolute atomic E-state index is 13.1. The van der Waals surface area contributed by atoms with Gasteiger partial charge in [0.05, 0.1) is 26.4 Å². The number of aliphatic hydroxyl groups is 1. The normalized spacial score (nSPS) is 14.5. The minimum Gasteiger partial charge on any atom is -0.462 e. The van der Waals surface area contributed by atoms with Crippen LogP contribution in [0.2, 0.25) is 0 Å². The lowest BCUT2D eigenvalue weighted by molar-refractivity contribution is -0.161. The molecule has 0 saturated heterocycles. The smallest absolute Gasteiger partial charge is 0.462 e. The van der Waals surface area contributed by atoms with Crippen molar-refractivity contribution in [3.63, 3.8) is 0 Å². The zero-order valence-electron chi connectivity index (χ0n) is 64.3. The lowest BCUT2D eigenvalue weighted by atomic mass is 10.0. The standard InChI is InChI=1S/C83H144O17P2/c1-5-9-13-17-21-25-29-32-35-37-38-40-43-45-49-52-56-60-64-68-81(86)94-74-79(100-83(88)70-66-62-58-54-50-46-41-34-31-27-23-19-15-11-7-3)76-98-102(91,92)96-72-77(84)71-95-101(89,90)97-75-78(99-82(87)69-65-61-57-53-47-28-24-20-16-12-8-4)73-93-80(85)67-63-59-55-51-48-44-42-39-36-33-30-26-22-18-14-10-6-2/h9-10,13-14,21-22,25-26,32-33,35-36,38,40,42,44,51,55,77-79,84H,5-8,11-12,15-20,23-24,27-31,34,37,39,41,43,45-50,52-54,56-76H2,1-4H3,(H,89,90)(H,91,92)/b13-9-,14-10-,25-21-,26-22-,35-32-,36-33-,40-38-,44-42-,55-51-. The molecule has 0 spiro atoms. The monoisotopic (exact) mass is 1470 g/mol. The van der Waals surface area contributed by atoms with E-state index in [0.717, 1.165) is 148 Å². The van der Waals surface area contributed by atoms with Crippen molar-refractivity contribution in [3.05, 3.63) is 109 Å². The van der Waals surface area contributed by atoms with Crippen molar-refractivity contribution in [2.75, 3.05) is 39.6 Å². The van der Waals surface area contributed by atoms with Gasteiger partial charge in [-0.05, 0) is 103 Å². The van der Waals surface area contributed by atoms with E-state index < -0.39 is 97.5 Å². The van der Waals surface area contributed by atoms with Crippen LogP contribution in [-0.4, -0.2) is 96.7 Å². The first-order valence-electron chi connectivity index (χ1n) is 40.1. The van der Waals surface area contributed by atoms with Gasteiger partial charge in [0.15, 0.2) is 12.2 Å². The molecular formula is C83H144O17P2. The van der Waals surface area contributed by atoms with Crippen LogP contribution in [0.25, 0.3) is 0 Å². The zero-order chi connectivity index (χ0) is 74.6. The van der Waals surface area contributed by atoms with Crippen molar-refractivity contribution in [2.24, 2.45) is 0 Å². The summed E-state index contributed by atoms with van der Waals surface area (Å²) in [5, 5.41) is 10.6. The van der Waals surface area contributed by atoms with Crippen LogP contribution in [0, 0.1) is 0 Å². The van der Waals surface area contributed by atoms with Gasteiger partial charge in [-0.25, -0.2) is 9.13 Å². The molecule has 0 amide bonds. The number of aliphatic hydroxyl groups excluding tert-OH is 1. The van der Waals surface area contributed by atoms with Crippen LogP contribution >= 0.6 is 15.6 Å². The summed E-state index contributed by atoms with van der Waals surface area (Å²) < 4.78 is 68.5. The summed E-state index contributed by atoms with van der Waals surface area (Å²) >= 11 is 0. The molecule has 0 heterocycles. The van der Waals surface area contributed by atoms with E-state index in [0.29, 0.717) is 32.1 Å². The third-order valence-electron chi connectivity index (χ3n) is 16.8. The minimum atomic E-state index is -4.98. The number of carbonyl (C=O) groups is 4. The molecule has 0 radical (unpaired) electrons. The average molecular weight is 1480 g/mol. The van der Waals surface area contributed by atoms with E-state index in [2.05, 4.69) is 125 Å². The Morgan fingerprint density at radius 2 is 0.520 bits per heavy atom. The summed E-state index contributed by atoms with van der Waals surface area (Å²) in [6, 6.07) is 0. The van der Waals surface area contributed by atoms with Crippen LogP contribution in [0.1, 0.15) is 336 Å². The van der Waals surface area contributed by atoms with E-state index >= 15 is 0 Å². The van der Waals surface area contributed by atoms with Crippen LogP contribution in [0.4, 0.5) is 0 Å². The number of hydrogen-bond donors (Lipinski definition) is 3. The van der Waals surface area contributed by atoms with Crippen LogP contribution in [0.5, 0.6) is 0 Å². The summed E-state index contributed by atoms with van der Waals surface area (Å²) in [5.74, 6) is -2.24. The van der Waals surface area contributed by atoms with E-state index in [-0.39, 0.29) is 25.7 Å². The quantitative estimate of drug-likeness (QED) is 0.0169. The maximum Gasteiger partial charge on any atom is 0.472 e. The summed E-state index contributed by atoms with van der Waals surface area (Å²) in [4.78, 5) is 73.0. The SMILES string of the molecule is CC/C=C\C/C=C\C/C=C\C/C=C\C/C=C\CCCC(=O)OCC(COP(=O)(O)OCC(O)COP(=O)(O)OCC(COC(=O)CCCCCCCC/C=C\C/C=C\C/C=C\C/C=C\CC)OC(=O)CCCCCCCCCCCCCCCCC)OC(=O)CCCCCCCCCCCCC. The summed E-state index contributed by atoms with van der Waals surface area (Å²) in [6.45, 7) is 4.60. The Balaban J connectivity index is 5.36. The van der Waals surface area contributed by atoms with E-state index in [9.17, 15) is 43.2 Å². The number of rotatable bonds is 75. The van der Waals surface area contributed by atoms with Crippen LogP contribution in [0.3, 0.4) is 0 Å². The first kappa shape index (κ1) is 97.7. The number of unbranched alkanes of at least 4 members (excludes halogenated alkanes) is 31. The Morgan fingerprint density at radius 3 is 0.824 bits per heavy atom. The molecule has 0 aliphatic heterocycles. The van der Waals surface area contributed by atoms with Gasteiger partial charge in [-0.1, -0.05) is 317 Å². The van der Waals surface area contributed by atoms with Crippen molar-refractivity contribution in [1.29, 1.82) is 0 Å². The highest BCUT2D eigenvalue weighted by Crippen LogP contribution is 2.45. The van der Waals surface area contributed by atoms with Crippen molar-refractivity contribution in [3.8, 4) is 0 Å². The van der Waals surface area contributed by atoms with Gasteiger partial charge in [0.25, 0.3) is 0 Å². The molecule has 0 aromatic heterocycles. The highest BCUT2D eigenvalue weighted by molar-refractivity contribution is 7.47. The fourth-order valence-electron chi connectivity index (χ4n) is 10.7. The summed E-state index contributed by atoms with van der Waals surface area (Å²) in [5.41, 5.74) is 0. The number of carbonyl (C=O) groups excluding carboxylic acids is 4. The molecule has 0 saturated carbocycles. The third kappa shape index (κ3) is 74.0. The van der Waals surface area contributed by atoms with Crippen LogP contribution in [0.15, 0.2) is 109 Å². The fraction of sp³-hybridized carbons (Fsp3) is 0.735. The van der Waals surface area contributed by atoms with Crippen molar-refractivity contribution in [1.82, 2.24) is 0 Å². The highest BCUT2D eigenvalue weighted by Gasteiger charge is 2.30. The van der Waals surface area contributed by atoms with Gasteiger partial charge in [0, 0.05) is 25.7 Å². The lowest BCUT2D eigenvalue weighted by Crippen LogP contribution is -2.30. The molecule has 19 heteroatoms. The van der Waals surface area contributed by atoms with Crippen LogP contribution in [-0.2, 0) is 65.4 Å². The van der Waals surface area contributed by atoms with Gasteiger partial charge < -0.3 is 33.8 Å². The first-order chi connectivity index (χ1) is 49.7. The van der Waals surface area contributed by atoms with Gasteiger partial charge in [-0.2, -0.15) is 0 Å². The van der Waals surface area contributed by atoms with Gasteiger partial charge in [0.1, 0.15) is 19.3 Å². The molecule has 0 fully saturated rings. The first-order valence-corrected chi connectivity index (χ1v) is 43.1. The molecule has 17 nitrogen and oxygen atoms in total. The van der Waals surface area contributed by atoms with E-state index in [1.54, 1.807) is 0 Å². The molecule has 3 N–H and O–H groups in total. The highest BCUT2D eigenvalue weighted by atomic mass is 31.2. The molecule has 0 aliphatic rings. The number of hydrogen-bond acceptors (Lipinski definition) is 15. The van der Waals surface area contributed by atoms with Crippen molar-refractivity contribution < 1.29 is 80.2 Å². The van der Waals surface area contributed by atoms with Gasteiger partial charge in [-0.15, -0.1) is 0 Å². The predicted molar refractivity (Wildman–Crippen MR) is 418 cm³/mol. The predicted octanol–water partition coefficient (Wildman–Crippen LogP) is 23.3. The Bertz CT molecular complexity index is 2360. The second-order valence-corrected chi connectivity index (χ2v) is 29.5. The van der Waals surface area contributed by atoms with Gasteiger partial charge in [-0.3, -0.25) is 37.3 Å². The zero-order valence-corrected chi connectivity index (χ0v) is 66.0. The Hall–Kier alpha value is -4.28. The van der Waals surface area contributed by atoms with Crippen molar-refractivity contribution in [2.45, 2.75) is 354 Å².